The molecule has 1 N–H and O–H groups in total. The van der Waals surface area contributed by atoms with Gasteiger partial charge in [-0.15, -0.1) is 11.3 Å². The van der Waals surface area contributed by atoms with Crippen molar-refractivity contribution in [2.75, 3.05) is 0 Å². The second kappa shape index (κ2) is 3.78. The van der Waals surface area contributed by atoms with Crippen molar-refractivity contribution < 1.29 is 14.6 Å². The molecule has 3 unspecified atom stereocenters. The van der Waals surface area contributed by atoms with Gasteiger partial charge < -0.3 is 9.84 Å². The number of aromatic nitrogens is 1. The molecule has 3 atom stereocenters. The fourth-order valence-corrected chi connectivity index (χ4v) is 4.00. The van der Waals surface area contributed by atoms with Crippen LogP contribution in [0.1, 0.15) is 29.1 Å². The van der Waals surface area contributed by atoms with E-state index in [1.165, 1.54) is 0 Å². The maximum atomic E-state index is 11.6. The molecule has 0 amide bonds. The smallest absolute Gasteiger partial charge is 0.312 e. The van der Waals surface area contributed by atoms with Crippen LogP contribution in [0.5, 0.6) is 0 Å². The number of carbonyl (C=O) groups is 1. The number of nitrogens with zero attached hydrogens (tertiary/aromatic N) is 1. The van der Waals surface area contributed by atoms with Gasteiger partial charge >= 0.3 is 5.97 Å². The molecule has 1 aromatic heterocycles. The van der Waals surface area contributed by atoms with E-state index in [0.717, 1.165) is 22.7 Å². The minimum Gasteiger partial charge on any atom is -0.481 e. The molecule has 5 heteroatoms. The first-order valence-corrected chi connectivity index (χ1v) is 6.72. The lowest BCUT2D eigenvalue weighted by atomic mass is 9.71. The van der Waals surface area contributed by atoms with Gasteiger partial charge in [0, 0.05) is 17.5 Å². The van der Waals surface area contributed by atoms with Crippen molar-refractivity contribution in [1.29, 1.82) is 0 Å². The van der Waals surface area contributed by atoms with Crippen LogP contribution in [-0.2, 0) is 16.0 Å². The Morgan fingerprint density at radius 3 is 3.00 bits per heavy atom. The summed E-state index contributed by atoms with van der Waals surface area (Å²) in [6, 6.07) is 0. The van der Waals surface area contributed by atoms with E-state index in [2.05, 4.69) is 4.98 Å². The van der Waals surface area contributed by atoms with E-state index in [1.54, 1.807) is 17.5 Å². The van der Waals surface area contributed by atoms with Gasteiger partial charge in [-0.05, 0) is 26.2 Å². The van der Waals surface area contributed by atoms with Crippen molar-refractivity contribution in [2.24, 2.45) is 5.41 Å². The van der Waals surface area contributed by atoms with Crippen molar-refractivity contribution in [2.45, 2.75) is 44.8 Å². The Balaban J connectivity index is 1.89. The van der Waals surface area contributed by atoms with Gasteiger partial charge in [0.05, 0.1) is 17.2 Å². The molecule has 1 aromatic rings. The molecule has 0 spiro atoms. The lowest BCUT2D eigenvalue weighted by Gasteiger charge is -2.30. The van der Waals surface area contributed by atoms with E-state index in [9.17, 15) is 9.90 Å². The molecule has 2 saturated heterocycles. The number of ether oxygens (including phenoxy) is 1. The van der Waals surface area contributed by atoms with Crippen LogP contribution >= 0.6 is 11.3 Å². The lowest BCUT2D eigenvalue weighted by Crippen LogP contribution is -2.42. The molecule has 0 aromatic carbocycles. The highest BCUT2D eigenvalue weighted by atomic mass is 32.1. The molecule has 0 saturated carbocycles. The number of aryl methyl sites for hydroxylation is 1. The summed E-state index contributed by atoms with van der Waals surface area (Å²) >= 11 is 1.59. The van der Waals surface area contributed by atoms with Crippen molar-refractivity contribution in [1.82, 2.24) is 4.98 Å². The summed E-state index contributed by atoms with van der Waals surface area (Å²) in [6.45, 7) is 1.94. The van der Waals surface area contributed by atoms with Crippen molar-refractivity contribution in [3.8, 4) is 0 Å². The highest BCUT2D eigenvalue weighted by molar-refractivity contribution is 7.11. The van der Waals surface area contributed by atoms with E-state index in [1.807, 2.05) is 6.92 Å². The van der Waals surface area contributed by atoms with Crippen LogP contribution < -0.4 is 0 Å². The van der Waals surface area contributed by atoms with Gasteiger partial charge in [0.1, 0.15) is 5.41 Å². The molecule has 2 fully saturated rings. The quantitative estimate of drug-likeness (QED) is 0.895. The Bertz CT molecular complexity index is 458. The van der Waals surface area contributed by atoms with Crippen LogP contribution in [0.25, 0.3) is 0 Å². The van der Waals surface area contributed by atoms with Crippen LogP contribution in [0.3, 0.4) is 0 Å². The predicted octanol–water partition coefficient (Wildman–Crippen LogP) is 2.02. The predicted molar refractivity (Wildman–Crippen MR) is 63.1 cm³/mol. The van der Waals surface area contributed by atoms with Gasteiger partial charge in [0.25, 0.3) is 0 Å². The third kappa shape index (κ3) is 1.68. The van der Waals surface area contributed by atoms with Crippen molar-refractivity contribution in [3.05, 3.63) is 16.1 Å². The third-order valence-electron chi connectivity index (χ3n) is 3.90. The highest BCUT2D eigenvalue weighted by Gasteiger charge is 2.57. The molecule has 3 heterocycles. The van der Waals surface area contributed by atoms with E-state index < -0.39 is 11.4 Å². The maximum absolute atomic E-state index is 11.6. The monoisotopic (exact) mass is 253 g/mol. The molecule has 2 bridgehead atoms. The minimum absolute atomic E-state index is 0.104. The summed E-state index contributed by atoms with van der Waals surface area (Å²) in [5, 5.41) is 10.5. The molecule has 2 aliphatic rings. The first-order valence-electron chi connectivity index (χ1n) is 5.90. The number of rotatable bonds is 3. The first kappa shape index (κ1) is 11.2. The number of hydrogen-bond acceptors (Lipinski definition) is 4. The molecule has 2 aliphatic heterocycles. The number of fused-ring (bicyclic) bond motifs is 2. The zero-order chi connectivity index (χ0) is 12.0. The summed E-state index contributed by atoms with van der Waals surface area (Å²) in [5.74, 6) is -0.712. The van der Waals surface area contributed by atoms with Gasteiger partial charge in [0.2, 0.25) is 0 Å². The fraction of sp³-hybridized carbons (Fsp3) is 0.667. The number of thiazole rings is 1. The van der Waals surface area contributed by atoms with Gasteiger partial charge in [-0.2, -0.15) is 0 Å². The lowest BCUT2D eigenvalue weighted by molar-refractivity contribution is -0.152. The molecule has 0 aliphatic carbocycles. The summed E-state index contributed by atoms with van der Waals surface area (Å²) in [5.41, 5.74) is -0.706. The molecule has 3 rings (SSSR count). The standard InChI is InChI=1S/C12H15NO3S/c1-7-13-6-9(17-7)5-12(11(14)15)4-8-2-3-10(12)16-8/h6,8,10H,2-5H2,1H3,(H,14,15). The van der Waals surface area contributed by atoms with E-state index in [4.69, 9.17) is 4.74 Å². The zero-order valence-corrected chi connectivity index (χ0v) is 10.5. The normalized spacial score (nSPS) is 35.4. The van der Waals surface area contributed by atoms with E-state index in [0.29, 0.717) is 12.8 Å². The highest BCUT2D eigenvalue weighted by Crippen LogP contribution is 2.50. The Hall–Kier alpha value is -0.940. The van der Waals surface area contributed by atoms with Gasteiger partial charge in [-0.3, -0.25) is 4.79 Å². The molecular formula is C12H15NO3S. The summed E-state index contributed by atoms with van der Waals surface area (Å²) in [7, 11) is 0. The van der Waals surface area contributed by atoms with Crippen LogP contribution in [0, 0.1) is 12.3 Å². The molecule has 0 radical (unpaired) electrons. The topological polar surface area (TPSA) is 59.4 Å². The van der Waals surface area contributed by atoms with Crippen molar-refractivity contribution in [3.63, 3.8) is 0 Å². The number of aliphatic carboxylic acids is 1. The van der Waals surface area contributed by atoms with Gasteiger partial charge in [-0.1, -0.05) is 0 Å². The van der Waals surface area contributed by atoms with Gasteiger partial charge in [0.15, 0.2) is 0 Å². The Morgan fingerprint density at radius 1 is 1.71 bits per heavy atom. The molecule has 17 heavy (non-hydrogen) atoms. The maximum Gasteiger partial charge on any atom is 0.312 e. The third-order valence-corrected chi connectivity index (χ3v) is 4.81. The Kier molecular flexibility index (Phi) is 2.48. The molecule has 4 nitrogen and oxygen atoms in total. The first-order chi connectivity index (χ1) is 8.10. The number of carboxylic acids is 1. The Morgan fingerprint density at radius 2 is 2.53 bits per heavy atom. The SMILES string of the molecule is Cc1ncc(CC2(C(=O)O)CC3CCC2O3)s1. The second-order valence-corrected chi connectivity index (χ2v) is 6.33. The van der Waals surface area contributed by atoms with Crippen LogP contribution in [-0.4, -0.2) is 28.3 Å². The van der Waals surface area contributed by atoms with E-state index in [-0.39, 0.29) is 12.2 Å². The summed E-state index contributed by atoms with van der Waals surface area (Å²) < 4.78 is 5.73. The summed E-state index contributed by atoms with van der Waals surface area (Å²) in [4.78, 5) is 16.9. The van der Waals surface area contributed by atoms with Crippen molar-refractivity contribution >= 4 is 17.3 Å². The van der Waals surface area contributed by atoms with Crippen LogP contribution in [0.4, 0.5) is 0 Å². The number of carboxylic acid groups (broad SMARTS) is 1. The largest absolute Gasteiger partial charge is 0.481 e. The van der Waals surface area contributed by atoms with Gasteiger partial charge in [-0.25, -0.2) is 4.98 Å². The summed E-state index contributed by atoms with van der Waals surface area (Å²) in [6.07, 6.45) is 4.98. The number of hydrogen-bond donors (Lipinski definition) is 1. The average Bonchev–Trinajstić information content (AvgIpc) is 2.94. The van der Waals surface area contributed by atoms with Crippen LogP contribution in [0.2, 0.25) is 0 Å². The minimum atomic E-state index is -0.712. The zero-order valence-electron chi connectivity index (χ0n) is 9.68. The second-order valence-electron chi connectivity index (χ2n) is 5.01. The van der Waals surface area contributed by atoms with Crippen LogP contribution in [0.15, 0.2) is 6.20 Å². The molecule has 92 valence electrons. The average molecular weight is 253 g/mol. The Labute approximate surface area is 104 Å². The molecular weight excluding hydrogens is 238 g/mol. The fourth-order valence-electron chi connectivity index (χ4n) is 3.08. The van der Waals surface area contributed by atoms with E-state index >= 15 is 0 Å².